The van der Waals surface area contributed by atoms with E-state index in [4.69, 9.17) is 10.4 Å². The molecular formula is C14H8FNO2. The molecule has 0 heterocycles. The number of nitrogens with zero attached hydrogens (tertiary/aromatic N) is 1. The van der Waals surface area contributed by atoms with Gasteiger partial charge in [-0.1, -0.05) is 18.2 Å². The fraction of sp³-hybridized carbons (Fsp3) is 0. The maximum absolute atomic E-state index is 13.4. The molecule has 0 amide bonds. The van der Waals surface area contributed by atoms with E-state index in [9.17, 15) is 9.18 Å². The van der Waals surface area contributed by atoms with Crippen LogP contribution in [0.5, 0.6) is 0 Å². The van der Waals surface area contributed by atoms with Crippen molar-refractivity contribution in [3.8, 4) is 17.2 Å². The maximum Gasteiger partial charge on any atom is 0.335 e. The van der Waals surface area contributed by atoms with E-state index in [1.165, 1.54) is 12.1 Å². The molecule has 3 nitrogen and oxygen atoms in total. The molecule has 2 rings (SSSR count). The van der Waals surface area contributed by atoms with Crippen molar-refractivity contribution in [1.82, 2.24) is 0 Å². The minimum absolute atomic E-state index is 0.141. The number of hydrogen-bond acceptors (Lipinski definition) is 2. The van der Waals surface area contributed by atoms with Crippen LogP contribution >= 0.6 is 0 Å². The van der Waals surface area contributed by atoms with Gasteiger partial charge in [-0.3, -0.25) is 0 Å². The second-order valence-corrected chi connectivity index (χ2v) is 3.69. The molecule has 4 heteroatoms. The van der Waals surface area contributed by atoms with E-state index in [1.54, 1.807) is 24.3 Å². The molecule has 0 aliphatic rings. The molecule has 2 aromatic rings. The lowest BCUT2D eigenvalue weighted by atomic mass is 9.98. The summed E-state index contributed by atoms with van der Waals surface area (Å²) >= 11 is 0. The lowest BCUT2D eigenvalue weighted by Crippen LogP contribution is -1.98. The van der Waals surface area contributed by atoms with Crippen molar-refractivity contribution in [2.75, 3.05) is 0 Å². The molecule has 0 unspecified atom stereocenters. The Hall–Kier alpha value is -2.67. The van der Waals surface area contributed by atoms with Crippen LogP contribution in [0.25, 0.3) is 11.1 Å². The Bertz CT molecular complexity index is 659. The van der Waals surface area contributed by atoms with Gasteiger partial charge in [-0.2, -0.15) is 5.26 Å². The standard InChI is InChI=1S/C14H8FNO2/c15-12-6-10(5-11(7-12)14(17)18)13-4-2-1-3-9(13)8-16/h1-7H,(H,17,18). The van der Waals surface area contributed by atoms with Crippen molar-refractivity contribution >= 4 is 5.97 Å². The average Bonchev–Trinajstić information content (AvgIpc) is 2.38. The molecule has 0 aliphatic carbocycles. The summed E-state index contributed by atoms with van der Waals surface area (Å²) in [6, 6.07) is 12.2. The van der Waals surface area contributed by atoms with Gasteiger partial charge in [-0.15, -0.1) is 0 Å². The van der Waals surface area contributed by atoms with Crippen molar-refractivity contribution < 1.29 is 14.3 Å². The van der Waals surface area contributed by atoms with E-state index in [-0.39, 0.29) is 5.56 Å². The minimum Gasteiger partial charge on any atom is -0.478 e. The maximum atomic E-state index is 13.4. The largest absolute Gasteiger partial charge is 0.478 e. The molecule has 0 atom stereocenters. The third-order valence-electron chi connectivity index (χ3n) is 2.50. The summed E-state index contributed by atoms with van der Waals surface area (Å²) < 4.78 is 13.4. The predicted molar refractivity (Wildman–Crippen MR) is 63.5 cm³/mol. The van der Waals surface area contributed by atoms with Gasteiger partial charge >= 0.3 is 5.97 Å². The number of carbonyl (C=O) groups is 1. The summed E-state index contributed by atoms with van der Waals surface area (Å²) in [6.07, 6.45) is 0. The van der Waals surface area contributed by atoms with E-state index in [0.717, 1.165) is 6.07 Å². The van der Waals surface area contributed by atoms with Crippen molar-refractivity contribution in [2.45, 2.75) is 0 Å². The van der Waals surface area contributed by atoms with Crippen molar-refractivity contribution in [2.24, 2.45) is 0 Å². The van der Waals surface area contributed by atoms with Crippen LogP contribution in [0.4, 0.5) is 4.39 Å². The lowest BCUT2D eigenvalue weighted by Gasteiger charge is -2.05. The highest BCUT2D eigenvalue weighted by Gasteiger charge is 2.10. The van der Waals surface area contributed by atoms with Crippen LogP contribution in [0, 0.1) is 17.1 Å². The van der Waals surface area contributed by atoms with E-state index >= 15 is 0 Å². The van der Waals surface area contributed by atoms with Gasteiger partial charge in [0.15, 0.2) is 0 Å². The predicted octanol–water partition coefficient (Wildman–Crippen LogP) is 3.06. The van der Waals surface area contributed by atoms with Crippen LogP contribution in [-0.4, -0.2) is 11.1 Å². The lowest BCUT2D eigenvalue weighted by molar-refractivity contribution is 0.0696. The fourth-order valence-electron chi connectivity index (χ4n) is 1.70. The number of carboxylic acids is 1. The SMILES string of the molecule is N#Cc1ccccc1-c1cc(F)cc(C(=O)O)c1. The summed E-state index contributed by atoms with van der Waals surface area (Å²) in [5.41, 5.74) is 1.13. The first kappa shape index (κ1) is 11.8. The van der Waals surface area contributed by atoms with Crippen LogP contribution in [0.2, 0.25) is 0 Å². The van der Waals surface area contributed by atoms with Gasteiger partial charge < -0.3 is 5.11 Å². The zero-order chi connectivity index (χ0) is 13.1. The summed E-state index contributed by atoms with van der Waals surface area (Å²) in [6.45, 7) is 0. The third-order valence-corrected chi connectivity index (χ3v) is 2.50. The van der Waals surface area contributed by atoms with Gasteiger partial charge in [-0.25, -0.2) is 9.18 Å². The number of nitriles is 1. The van der Waals surface area contributed by atoms with Gasteiger partial charge in [0.25, 0.3) is 0 Å². The molecule has 0 bridgehead atoms. The zero-order valence-electron chi connectivity index (χ0n) is 9.22. The van der Waals surface area contributed by atoms with E-state index < -0.39 is 11.8 Å². The third kappa shape index (κ3) is 2.20. The minimum atomic E-state index is -1.20. The summed E-state index contributed by atoms with van der Waals surface area (Å²) in [5, 5.41) is 17.8. The molecular weight excluding hydrogens is 233 g/mol. The number of halogens is 1. The Morgan fingerprint density at radius 1 is 1.22 bits per heavy atom. The number of hydrogen-bond donors (Lipinski definition) is 1. The smallest absolute Gasteiger partial charge is 0.335 e. The summed E-state index contributed by atoms with van der Waals surface area (Å²) in [4.78, 5) is 10.9. The molecule has 1 N–H and O–H groups in total. The summed E-state index contributed by atoms with van der Waals surface area (Å²) in [5.74, 6) is -1.84. The highest BCUT2D eigenvalue weighted by molar-refractivity contribution is 5.89. The van der Waals surface area contributed by atoms with Crippen molar-refractivity contribution in [1.29, 1.82) is 5.26 Å². The average molecular weight is 241 g/mol. The normalized spacial score (nSPS) is 9.78. The van der Waals surface area contributed by atoms with Crippen LogP contribution in [0.1, 0.15) is 15.9 Å². The molecule has 0 radical (unpaired) electrons. The summed E-state index contributed by atoms with van der Waals surface area (Å²) in [7, 11) is 0. The van der Waals surface area contributed by atoms with Crippen LogP contribution in [0.15, 0.2) is 42.5 Å². The monoisotopic (exact) mass is 241 g/mol. The molecule has 18 heavy (non-hydrogen) atoms. The molecule has 0 aromatic heterocycles. The molecule has 0 aliphatic heterocycles. The first-order valence-corrected chi connectivity index (χ1v) is 5.15. The quantitative estimate of drug-likeness (QED) is 0.878. The number of aromatic carboxylic acids is 1. The number of rotatable bonds is 2. The van der Waals surface area contributed by atoms with Crippen molar-refractivity contribution in [3.05, 3.63) is 59.4 Å². The van der Waals surface area contributed by atoms with E-state index in [1.807, 2.05) is 6.07 Å². The van der Waals surface area contributed by atoms with Crippen LogP contribution in [0.3, 0.4) is 0 Å². The van der Waals surface area contributed by atoms with Gasteiger partial charge in [0.2, 0.25) is 0 Å². The van der Waals surface area contributed by atoms with Gasteiger partial charge in [0.1, 0.15) is 5.82 Å². The molecule has 0 saturated carbocycles. The van der Waals surface area contributed by atoms with Crippen LogP contribution < -0.4 is 0 Å². The van der Waals surface area contributed by atoms with Crippen LogP contribution in [-0.2, 0) is 0 Å². The first-order chi connectivity index (χ1) is 8.61. The highest BCUT2D eigenvalue weighted by Crippen LogP contribution is 2.25. The second kappa shape index (κ2) is 4.68. The molecule has 88 valence electrons. The molecule has 0 spiro atoms. The highest BCUT2D eigenvalue weighted by atomic mass is 19.1. The Labute approximate surface area is 103 Å². The Balaban J connectivity index is 2.65. The van der Waals surface area contributed by atoms with Gasteiger partial charge in [0, 0.05) is 0 Å². The van der Waals surface area contributed by atoms with Gasteiger partial charge in [-0.05, 0) is 35.4 Å². The molecule has 0 fully saturated rings. The topological polar surface area (TPSA) is 61.1 Å². The number of carboxylic acid groups (broad SMARTS) is 1. The fourth-order valence-corrected chi connectivity index (χ4v) is 1.70. The molecule has 0 saturated heterocycles. The van der Waals surface area contributed by atoms with Gasteiger partial charge in [0.05, 0.1) is 17.2 Å². The first-order valence-electron chi connectivity index (χ1n) is 5.15. The van der Waals surface area contributed by atoms with Crippen molar-refractivity contribution in [3.63, 3.8) is 0 Å². The second-order valence-electron chi connectivity index (χ2n) is 3.69. The Kier molecular flexibility index (Phi) is 3.07. The number of benzene rings is 2. The Morgan fingerprint density at radius 2 is 1.94 bits per heavy atom. The molecule has 2 aromatic carbocycles. The zero-order valence-corrected chi connectivity index (χ0v) is 9.22. The van der Waals surface area contributed by atoms with E-state index in [2.05, 4.69) is 0 Å². The Morgan fingerprint density at radius 3 is 2.61 bits per heavy atom. The van der Waals surface area contributed by atoms with E-state index in [0.29, 0.717) is 16.7 Å².